The van der Waals surface area contributed by atoms with Crippen molar-refractivity contribution < 1.29 is 4.74 Å². The van der Waals surface area contributed by atoms with Crippen LogP contribution in [0.3, 0.4) is 0 Å². The van der Waals surface area contributed by atoms with Gasteiger partial charge in [-0.15, -0.1) is 12.3 Å². The standard InChI is InChI=1S/C11H10OS/c1-2-3-9-12-11(13)10-7-5-4-6-8-10/h1,4-8H,3,9H2. The first-order chi connectivity index (χ1) is 6.34. The lowest BCUT2D eigenvalue weighted by atomic mass is 10.2. The highest BCUT2D eigenvalue weighted by molar-refractivity contribution is 7.80. The number of benzene rings is 1. The molecule has 0 saturated heterocycles. The maximum atomic E-state index is 5.26. The van der Waals surface area contributed by atoms with Gasteiger partial charge in [-0.3, -0.25) is 0 Å². The predicted molar refractivity (Wildman–Crippen MR) is 57.5 cm³/mol. The predicted octanol–water partition coefficient (Wildman–Crippen LogP) is 2.40. The van der Waals surface area contributed by atoms with Gasteiger partial charge >= 0.3 is 0 Å². The van der Waals surface area contributed by atoms with Crippen LogP contribution in [0, 0.1) is 12.3 Å². The second kappa shape index (κ2) is 5.34. The third-order valence-corrected chi connectivity index (χ3v) is 1.84. The van der Waals surface area contributed by atoms with Gasteiger partial charge in [-0.25, -0.2) is 0 Å². The molecule has 0 atom stereocenters. The molecule has 0 saturated carbocycles. The van der Waals surface area contributed by atoms with E-state index in [1.807, 2.05) is 30.3 Å². The molecule has 0 radical (unpaired) electrons. The zero-order valence-electron chi connectivity index (χ0n) is 7.19. The zero-order valence-corrected chi connectivity index (χ0v) is 8.01. The average Bonchev–Trinajstić information content (AvgIpc) is 2.19. The van der Waals surface area contributed by atoms with Crippen molar-refractivity contribution in [2.24, 2.45) is 0 Å². The minimum Gasteiger partial charge on any atom is -0.482 e. The van der Waals surface area contributed by atoms with Crippen molar-refractivity contribution in [2.45, 2.75) is 6.42 Å². The minimum atomic E-state index is 0.490. The molecular formula is C11H10OS. The molecule has 0 fully saturated rings. The lowest BCUT2D eigenvalue weighted by molar-refractivity contribution is 0.324. The molecule has 0 bridgehead atoms. The number of thiocarbonyl (C=S) groups is 1. The lowest BCUT2D eigenvalue weighted by Crippen LogP contribution is -2.04. The first-order valence-electron chi connectivity index (χ1n) is 4.00. The monoisotopic (exact) mass is 190 g/mol. The van der Waals surface area contributed by atoms with E-state index in [1.165, 1.54) is 0 Å². The van der Waals surface area contributed by atoms with Crippen molar-refractivity contribution in [2.75, 3.05) is 6.61 Å². The molecule has 0 aromatic heterocycles. The van der Waals surface area contributed by atoms with Gasteiger partial charge in [0.25, 0.3) is 0 Å². The van der Waals surface area contributed by atoms with Crippen molar-refractivity contribution in [1.82, 2.24) is 0 Å². The molecule has 1 nitrogen and oxygen atoms in total. The third kappa shape index (κ3) is 3.27. The van der Waals surface area contributed by atoms with Crippen molar-refractivity contribution in [1.29, 1.82) is 0 Å². The highest BCUT2D eigenvalue weighted by Crippen LogP contribution is 2.02. The topological polar surface area (TPSA) is 9.23 Å². The van der Waals surface area contributed by atoms with E-state index in [2.05, 4.69) is 5.92 Å². The van der Waals surface area contributed by atoms with Gasteiger partial charge in [-0.2, -0.15) is 0 Å². The Morgan fingerprint density at radius 2 is 2.08 bits per heavy atom. The van der Waals surface area contributed by atoms with Crippen molar-refractivity contribution in [3.63, 3.8) is 0 Å². The Morgan fingerprint density at radius 1 is 1.38 bits per heavy atom. The van der Waals surface area contributed by atoms with E-state index in [4.69, 9.17) is 23.4 Å². The molecule has 0 heterocycles. The summed E-state index contributed by atoms with van der Waals surface area (Å²) in [7, 11) is 0. The zero-order chi connectivity index (χ0) is 9.52. The normalized spacial score (nSPS) is 8.85. The Hall–Kier alpha value is -1.33. The molecule has 1 aromatic carbocycles. The molecule has 0 aliphatic heterocycles. The molecule has 0 aliphatic carbocycles. The molecule has 1 aromatic rings. The van der Waals surface area contributed by atoms with Crippen molar-refractivity contribution in [3.05, 3.63) is 35.9 Å². The molecule has 0 spiro atoms. The number of ether oxygens (including phenoxy) is 1. The van der Waals surface area contributed by atoms with E-state index >= 15 is 0 Å². The number of terminal acetylenes is 1. The van der Waals surface area contributed by atoms with Crippen LogP contribution in [-0.4, -0.2) is 11.7 Å². The molecule has 0 amide bonds. The highest BCUT2D eigenvalue weighted by Gasteiger charge is 1.99. The van der Waals surface area contributed by atoms with E-state index in [0.29, 0.717) is 18.1 Å². The Balaban J connectivity index is 2.46. The smallest absolute Gasteiger partial charge is 0.191 e. The number of rotatable bonds is 3. The van der Waals surface area contributed by atoms with Crippen LogP contribution in [-0.2, 0) is 4.74 Å². The molecule has 1 rings (SSSR count). The quantitative estimate of drug-likeness (QED) is 0.411. The van der Waals surface area contributed by atoms with Crippen molar-refractivity contribution in [3.8, 4) is 12.3 Å². The van der Waals surface area contributed by atoms with Crippen LogP contribution in [0.5, 0.6) is 0 Å². The summed E-state index contributed by atoms with van der Waals surface area (Å²) < 4.78 is 5.26. The summed E-state index contributed by atoms with van der Waals surface area (Å²) in [5, 5.41) is 0.510. The lowest BCUT2D eigenvalue weighted by Gasteiger charge is -2.04. The van der Waals surface area contributed by atoms with Crippen LogP contribution in [0.2, 0.25) is 0 Å². The van der Waals surface area contributed by atoms with Crippen LogP contribution >= 0.6 is 12.2 Å². The Morgan fingerprint density at radius 3 is 2.69 bits per heavy atom. The molecule has 2 heteroatoms. The number of hydrogen-bond donors (Lipinski definition) is 0. The largest absolute Gasteiger partial charge is 0.482 e. The summed E-state index contributed by atoms with van der Waals surface area (Å²) in [6.45, 7) is 0.490. The van der Waals surface area contributed by atoms with E-state index in [-0.39, 0.29) is 0 Å². The summed E-state index contributed by atoms with van der Waals surface area (Å²) in [6, 6.07) is 9.61. The number of hydrogen-bond acceptors (Lipinski definition) is 2. The van der Waals surface area contributed by atoms with Gasteiger partial charge in [-0.05, 0) is 12.2 Å². The van der Waals surface area contributed by atoms with Gasteiger partial charge in [0.05, 0.1) is 0 Å². The second-order valence-corrected chi connectivity index (χ2v) is 2.83. The van der Waals surface area contributed by atoms with Gasteiger partial charge in [0.1, 0.15) is 6.61 Å². The molecule has 13 heavy (non-hydrogen) atoms. The first-order valence-corrected chi connectivity index (χ1v) is 4.41. The van der Waals surface area contributed by atoms with Crippen LogP contribution < -0.4 is 0 Å². The maximum Gasteiger partial charge on any atom is 0.191 e. The minimum absolute atomic E-state index is 0.490. The van der Waals surface area contributed by atoms with Gasteiger partial charge in [0.2, 0.25) is 0 Å². The summed E-state index contributed by atoms with van der Waals surface area (Å²) in [5.41, 5.74) is 0.925. The van der Waals surface area contributed by atoms with Gasteiger partial charge in [0, 0.05) is 12.0 Å². The third-order valence-electron chi connectivity index (χ3n) is 1.49. The van der Waals surface area contributed by atoms with Crippen LogP contribution in [0.15, 0.2) is 30.3 Å². The van der Waals surface area contributed by atoms with Crippen LogP contribution in [0.25, 0.3) is 0 Å². The van der Waals surface area contributed by atoms with E-state index in [0.717, 1.165) is 5.56 Å². The van der Waals surface area contributed by atoms with E-state index in [1.54, 1.807) is 0 Å². The fourth-order valence-corrected chi connectivity index (χ4v) is 1.08. The van der Waals surface area contributed by atoms with Crippen molar-refractivity contribution >= 4 is 17.3 Å². The van der Waals surface area contributed by atoms with Crippen LogP contribution in [0.1, 0.15) is 12.0 Å². The Bertz CT molecular complexity index is 311. The Labute approximate surface area is 83.7 Å². The summed E-state index contributed by atoms with van der Waals surface area (Å²) in [5.74, 6) is 2.49. The fraction of sp³-hybridized carbons (Fsp3) is 0.182. The van der Waals surface area contributed by atoms with Gasteiger partial charge in [0.15, 0.2) is 5.05 Å². The molecular weight excluding hydrogens is 180 g/mol. The Kier molecular flexibility index (Phi) is 4.01. The molecule has 0 unspecified atom stereocenters. The summed E-state index contributed by atoms with van der Waals surface area (Å²) in [4.78, 5) is 0. The SMILES string of the molecule is C#CCCOC(=S)c1ccccc1. The van der Waals surface area contributed by atoms with Gasteiger partial charge < -0.3 is 4.74 Å². The fourth-order valence-electron chi connectivity index (χ4n) is 0.860. The molecule has 0 N–H and O–H groups in total. The van der Waals surface area contributed by atoms with E-state index in [9.17, 15) is 0 Å². The maximum absolute atomic E-state index is 5.26. The molecule has 66 valence electrons. The van der Waals surface area contributed by atoms with Crippen LogP contribution in [0.4, 0.5) is 0 Å². The van der Waals surface area contributed by atoms with Gasteiger partial charge in [-0.1, -0.05) is 30.3 Å². The first kappa shape index (κ1) is 9.76. The second-order valence-electron chi connectivity index (χ2n) is 2.46. The molecule has 0 aliphatic rings. The summed E-state index contributed by atoms with van der Waals surface area (Å²) >= 11 is 5.04. The highest BCUT2D eigenvalue weighted by atomic mass is 32.1. The van der Waals surface area contributed by atoms with E-state index < -0.39 is 0 Å². The average molecular weight is 190 g/mol. The summed E-state index contributed by atoms with van der Waals surface area (Å²) in [6.07, 6.45) is 5.67.